The molecule has 13 heteroatoms. The number of alkyl halides is 6. The van der Waals surface area contributed by atoms with Crippen molar-refractivity contribution >= 4 is 17.8 Å². The lowest BCUT2D eigenvalue weighted by molar-refractivity contribution is -0.159. The van der Waals surface area contributed by atoms with Crippen molar-refractivity contribution in [3.8, 4) is 0 Å². The summed E-state index contributed by atoms with van der Waals surface area (Å²) in [5.74, 6) is -1.79. The third kappa shape index (κ3) is 6.59. The average Bonchev–Trinajstić information content (AvgIpc) is 2.87. The second-order valence-corrected chi connectivity index (χ2v) is 9.31. The first-order chi connectivity index (χ1) is 18.2. The summed E-state index contributed by atoms with van der Waals surface area (Å²) in [7, 11) is 0. The summed E-state index contributed by atoms with van der Waals surface area (Å²) in [6, 6.07) is 6.87. The van der Waals surface area contributed by atoms with Crippen LogP contribution < -0.4 is 11.5 Å². The van der Waals surface area contributed by atoms with Crippen LogP contribution in [0.2, 0.25) is 0 Å². The van der Waals surface area contributed by atoms with Gasteiger partial charge in [-0.25, -0.2) is 4.79 Å². The van der Waals surface area contributed by atoms with Crippen LogP contribution in [0.1, 0.15) is 35.1 Å². The number of rotatable bonds is 10. The number of carbonyl (C=O) groups is 3. The van der Waals surface area contributed by atoms with Gasteiger partial charge in [-0.15, -0.1) is 0 Å². The van der Waals surface area contributed by atoms with E-state index < -0.39 is 59.6 Å². The fourth-order valence-electron chi connectivity index (χ4n) is 4.51. The molecule has 4 N–H and O–H groups in total. The monoisotopic (exact) mass is 558 g/mol. The van der Waals surface area contributed by atoms with Crippen molar-refractivity contribution in [1.29, 1.82) is 0 Å². The van der Waals surface area contributed by atoms with Crippen molar-refractivity contribution in [3.63, 3.8) is 0 Å². The Labute approximate surface area is 220 Å². The lowest BCUT2D eigenvalue weighted by Crippen LogP contribution is -2.67. The minimum atomic E-state index is -4.61. The van der Waals surface area contributed by atoms with Gasteiger partial charge in [0.05, 0.1) is 11.1 Å². The molecule has 212 valence electrons. The normalized spacial score (nSPS) is 16.3. The third-order valence-electron chi connectivity index (χ3n) is 6.52. The highest BCUT2D eigenvalue weighted by atomic mass is 19.4. The van der Waals surface area contributed by atoms with Crippen molar-refractivity contribution in [2.75, 3.05) is 26.2 Å². The standard InChI is InChI=1S/C26H28F6N4O3/c27-25(28,29)19-7-3-17(4-8-19)15-24(16-18-5-9-20(10-6-18)26(30,31)32)21(37)35(13-1-11-33)23(39)36(22(24)38)14-2-12-34/h3-10H,1-2,11-16,33-34H2. The molecule has 0 aromatic heterocycles. The molecule has 7 nitrogen and oxygen atoms in total. The molecule has 2 aromatic carbocycles. The van der Waals surface area contributed by atoms with Crippen molar-refractivity contribution in [2.45, 2.75) is 38.0 Å². The summed E-state index contributed by atoms with van der Waals surface area (Å²) in [6.45, 7) is 0.00190. The zero-order valence-corrected chi connectivity index (χ0v) is 20.8. The van der Waals surface area contributed by atoms with Crippen LogP contribution in [-0.2, 0) is 34.8 Å². The van der Waals surface area contributed by atoms with Crippen molar-refractivity contribution < 1.29 is 40.7 Å². The van der Waals surface area contributed by atoms with Gasteiger partial charge in [0.15, 0.2) is 0 Å². The molecule has 0 bridgehead atoms. The van der Waals surface area contributed by atoms with E-state index in [0.29, 0.717) is 0 Å². The Morgan fingerprint density at radius 1 is 0.615 bits per heavy atom. The van der Waals surface area contributed by atoms with Gasteiger partial charge in [0, 0.05) is 13.1 Å². The summed E-state index contributed by atoms with van der Waals surface area (Å²) in [5, 5.41) is 0. The SMILES string of the molecule is NCCCN1C(=O)N(CCCN)C(=O)C(Cc2ccc(C(F)(F)F)cc2)(Cc2ccc(C(F)(F)F)cc2)C1=O. The second-order valence-electron chi connectivity index (χ2n) is 9.31. The molecule has 0 aliphatic carbocycles. The van der Waals surface area contributed by atoms with Gasteiger partial charge in [0.2, 0.25) is 11.8 Å². The van der Waals surface area contributed by atoms with Gasteiger partial charge in [-0.05, 0) is 74.2 Å². The fourth-order valence-corrected chi connectivity index (χ4v) is 4.51. The molecule has 4 amide bonds. The van der Waals surface area contributed by atoms with Gasteiger partial charge in [-0.2, -0.15) is 26.3 Å². The average molecular weight is 559 g/mol. The van der Waals surface area contributed by atoms with Gasteiger partial charge < -0.3 is 11.5 Å². The Bertz CT molecular complexity index is 1090. The van der Waals surface area contributed by atoms with E-state index in [-0.39, 0.29) is 50.1 Å². The summed E-state index contributed by atoms with van der Waals surface area (Å²) >= 11 is 0. The number of benzene rings is 2. The number of imide groups is 2. The number of barbiturate groups is 1. The first kappa shape index (κ1) is 30.1. The Balaban J connectivity index is 2.12. The predicted molar refractivity (Wildman–Crippen MR) is 129 cm³/mol. The Morgan fingerprint density at radius 3 is 1.23 bits per heavy atom. The highest BCUT2D eigenvalue weighted by Gasteiger charge is 2.57. The molecule has 0 spiro atoms. The minimum Gasteiger partial charge on any atom is -0.330 e. The molecule has 2 aromatic rings. The highest BCUT2D eigenvalue weighted by Crippen LogP contribution is 2.39. The molecule has 0 atom stereocenters. The molecule has 0 radical (unpaired) electrons. The molecule has 1 heterocycles. The van der Waals surface area contributed by atoms with Crippen LogP contribution in [0.3, 0.4) is 0 Å². The maximum Gasteiger partial charge on any atom is 0.416 e. The maximum atomic E-state index is 13.9. The zero-order chi connectivity index (χ0) is 29.0. The first-order valence-electron chi connectivity index (χ1n) is 12.1. The summed E-state index contributed by atoms with van der Waals surface area (Å²) in [4.78, 5) is 42.7. The topological polar surface area (TPSA) is 110 Å². The van der Waals surface area contributed by atoms with E-state index in [2.05, 4.69) is 0 Å². The van der Waals surface area contributed by atoms with E-state index in [4.69, 9.17) is 11.5 Å². The smallest absolute Gasteiger partial charge is 0.330 e. The van der Waals surface area contributed by atoms with Crippen LogP contribution in [0.25, 0.3) is 0 Å². The van der Waals surface area contributed by atoms with Crippen molar-refractivity contribution in [3.05, 3.63) is 70.8 Å². The molecule has 3 rings (SSSR count). The number of hydrogen-bond acceptors (Lipinski definition) is 5. The van der Waals surface area contributed by atoms with Gasteiger partial charge in [0.1, 0.15) is 5.41 Å². The van der Waals surface area contributed by atoms with E-state index >= 15 is 0 Å². The first-order valence-corrected chi connectivity index (χ1v) is 12.1. The van der Waals surface area contributed by atoms with E-state index in [1.54, 1.807) is 0 Å². The van der Waals surface area contributed by atoms with Crippen molar-refractivity contribution in [1.82, 2.24) is 9.80 Å². The third-order valence-corrected chi connectivity index (χ3v) is 6.52. The molecule has 1 saturated heterocycles. The molecule has 39 heavy (non-hydrogen) atoms. The molecule has 0 saturated carbocycles. The molecular formula is C26H28F6N4O3. The number of carbonyl (C=O) groups excluding carboxylic acids is 3. The molecule has 1 fully saturated rings. The van der Waals surface area contributed by atoms with E-state index in [0.717, 1.165) is 58.3 Å². The number of amides is 4. The maximum absolute atomic E-state index is 13.9. The van der Waals surface area contributed by atoms with Crippen LogP contribution in [-0.4, -0.2) is 53.8 Å². The lowest BCUT2D eigenvalue weighted by atomic mass is 9.72. The predicted octanol–water partition coefficient (Wildman–Crippen LogP) is 3.98. The zero-order valence-electron chi connectivity index (χ0n) is 20.8. The van der Waals surface area contributed by atoms with E-state index in [1.807, 2.05) is 0 Å². The van der Waals surface area contributed by atoms with Crippen LogP contribution in [0.5, 0.6) is 0 Å². The fraction of sp³-hybridized carbons (Fsp3) is 0.423. The number of nitrogens with zero attached hydrogens (tertiary/aromatic N) is 2. The second kappa shape index (κ2) is 11.7. The van der Waals surface area contributed by atoms with E-state index in [1.165, 1.54) is 0 Å². The van der Waals surface area contributed by atoms with Gasteiger partial charge in [0.25, 0.3) is 0 Å². The van der Waals surface area contributed by atoms with Gasteiger partial charge in [-0.1, -0.05) is 24.3 Å². The van der Waals surface area contributed by atoms with E-state index in [9.17, 15) is 40.7 Å². The number of urea groups is 1. The lowest BCUT2D eigenvalue weighted by Gasteiger charge is -2.44. The summed E-state index contributed by atoms with van der Waals surface area (Å²) < 4.78 is 78.6. The summed E-state index contributed by atoms with van der Waals surface area (Å²) in [5.41, 5.74) is 7.63. The highest BCUT2D eigenvalue weighted by molar-refractivity contribution is 6.19. The Hall–Kier alpha value is -3.45. The summed E-state index contributed by atoms with van der Waals surface area (Å²) in [6.07, 6.45) is -9.58. The van der Waals surface area contributed by atoms with Crippen LogP contribution in [0.15, 0.2) is 48.5 Å². The molecule has 1 aliphatic rings. The number of hydrogen-bond donors (Lipinski definition) is 2. The van der Waals surface area contributed by atoms with Gasteiger partial charge in [-0.3, -0.25) is 19.4 Å². The largest absolute Gasteiger partial charge is 0.416 e. The van der Waals surface area contributed by atoms with Crippen LogP contribution in [0, 0.1) is 5.41 Å². The Morgan fingerprint density at radius 2 is 0.949 bits per heavy atom. The molecular weight excluding hydrogens is 530 g/mol. The Kier molecular flexibility index (Phi) is 9.06. The minimum absolute atomic E-state index is 0.123. The van der Waals surface area contributed by atoms with Crippen LogP contribution >= 0.6 is 0 Å². The van der Waals surface area contributed by atoms with Crippen LogP contribution in [0.4, 0.5) is 31.1 Å². The van der Waals surface area contributed by atoms with Crippen molar-refractivity contribution in [2.24, 2.45) is 16.9 Å². The number of halogens is 6. The van der Waals surface area contributed by atoms with Gasteiger partial charge >= 0.3 is 18.4 Å². The molecule has 0 unspecified atom stereocenters. The molecule has 1 aliphatic heterocycles. The quantitative estimate of drug-likeness (QED) is 0.339. The number of nitrogens with two attached hydrogens (primary N) is 2.